The Morgan fingerprint density at radius 1 is 1.10 bits per heavy atom. The maximum Gasteiger partial charge on any atom is 0.128 e. The van der Waals surface area contributed by atoms with Crippen molar-refractivity contribution >= 4 is 15.9 Å². The summed E-state index contributed by atoms with van der Waals surface area (Å²) in [5, 5.41) is 0. The Labute approximate surface area is 131 Å². The number of rotatable bonds is 5. The number of hydrogen-bond donors (Lipinski definition) is 2. The zero-order valence-electron chi connectivity index (χ0n) is 11.7. The molecular weight excluding hydrogens is 339 g/mol. The van der Waals surface area contributed by atoms with Crippen molar-refractivity contribution in [2.45, 2.75) is 6.04 Å². The Kier molecular flexibility index (Phi) is 5.17. The summed E-state index contributed by atoms with van der Waals surface area (Å²) in [7, 11) is 3.12. The van der Waals surface area contributed by atoms with Gasteiger partial charge in [0.15, 0.2) is 0 Å². The van der Waals surface area contributed by atoms with E-state index in [-0.39, 0.29) is 5.82 Å². The van der Waals surface area contributed by atoms with E-state index in [9.17, 15) is 4.39 Å². The minimum Gasteiger partial charge on any atom is -0.497 e. The van der Waals surface area contributed by atoms with Crippen LogP contribution < -0.4 is 20.7 Å². The van der Waals surface area contributed by atoms with Gasteiger partial charge in [-0.25, -0.2) is 9.82 Å². The monoisotopic (exact) mass is 354 g/mol. The molecule has 0 amide bonds. The average Bonchev–Trinajstić information content (AvgIpc) is 2.51. The highest BCUT2D eigenvalue weighted by Gasteiger charge is 2.18. The molecule has 2 aromatic carbocycles. The molecule has 0 spiro atoms. The second kappa shape index (κ2) is 6.89. The van der Waals surface area contributed by atoms with E-state index in [4.69, 9.17) is 15.3 Å². The summed E-state index contributed by atoms with van der Waals surface area (Å²) in [6.45, 7) is 0. The quantitative estimate of drug-likeness (QED) is 0.639. The minimum absolute atomic E-state index is 0.345. The molecule has 0 fully saturated rings. The van der Waals surface area contributed by atoms with Gasteiger partial charge in [-0.05, 0) is 35.9 Å². The van der Waals surface area contributed by atoms with E-state index in [1.165, 1.54) is 6.07 Å². The highest BCUT2D eigenvalue weighted by molar-refractivity contribution is 9.10. The molecule has 0 aliphatic heterocycles. The predicted octanol–water partition coefficient (Wildman–Crippen LogP) is 3.16. The van der Waals surface area contributed by atoms with Gasteiger partial charge in [0.25, 0.3) is 0 Å². The molecule has 2 aromatic rings. The van der Waals surface area contributed by atoms with Gasteiger partial charge < -0.3 is 9.47 Å². The third kappa shape index (κ3) is 3.53. The van der Waals surface area contributed by atoms with Crippen molar-refractivity contribution in [1.82, 2.24) is 5.43 Å². The summed E-state index contributed by atoms with van der Waals surface area (Å²) >= 11 is 3.34. The summed E-state index contributed by atoms with van der Waals surface area (Å²) < 4.78 is 25.3. The van der Waals surface area contributed by atoms with Crippen molar-refractivity contribution in [2.24, 2.45) is 5.84 Å². The lowest BCUT2D eigenvalue weighted by Gasteiger charge is -2.19. The number of hydrogen-bond acceptors (Lipinski definition) is 4. The normalized spacial score (nSPS) is 12.0. The van der Waals surface area contributed by atoms with Crippen LogP contribution in [0.25, 0.3) is 0 Å². The molecule has 3 N–H and O–H groups in total. The van der Waals surface area contributed by atoms with E-state index in [0.717, 1.165) is 10.0 Å². The first-order valence-corrected chi connectivity index (χ1v) is 7.02. The Morgan fingerprint density at radius 3 is 2.24 bits per heavy atom. The zero-order valence-corrected chi connectivity index (χ0v) is 13.3. The van der Waals surface area contributed by atoms with Crippen LogP contribution in [-0.4, -0.2) is 14.2 Å². The van der Waals surface area contributed by atoms with E-state index < -0.39 is 6.04 Å². The Bertz CT molecular complexity index is 615. The highest BCUT2D eigenvalue weighted by atomic mass is 79.9. The van der Waals surface area contributed by atoms with Crippen LogP contribution in [0.4, 0.5) is 4.39 Å². The van der Waals surface area contributed by atoms with Gasteiger partial charge in [0.05, 0.1) is 20.3 Å². The Hall–Kier alpha value is -1.63. The fourth-order valence-corrected chi connectivity index (χ4v) is 2.48. The number of nitrogens with two attached hydrogens (primary N) is 1. The molecule has 0 aromatic heterocycles. The molecule has 112 valence electrons. The Balaban J connectivity index is 2.52. The lowest BCUT2D eigenvalue weighted by molar-refractivity contribution is 0.392. The van der Waals surface area contributed by atoms with Gasteiger partial charge in [0, 0.05) is 16.1 Å². The summed E-state index contributed by atoms with van der Waals surface area (Å²) in [6, 6.07) is 9.51. The lowest BCUT2D eigenvalue weighted by atomic mass is 9.98. The van der Waals surface area contributed by atoms with Crippen molar-refractivity contribution in [1.29, 1.82) is 0 Å². The molecule has 0 aliphatic rings. The van der Waals surface area contributed by atoms with Crippen LogP contribution in [0, 0.1) is 5.82 Å². The smallest absolute Gasteiger partial charge is 0.128 e. The van der Waals surface area contributed by atoms with Crippen molar-refractivity contribution in [2.75, 3.05) is 14.2 Å². The number of benzene rings is 2. The zero-order chi connectivity index (χ0) is 15.4. The number of hydrazine groups is 1. The summed E-state index contributed by atoms with van der Waals surface area (Å²) in [4.78, 5) is 0. The van der Waals surface area contributed by atoms with E-state index in [1.54, 1.807) is 44.6 Å². The van der Waals surface area contributed by atoms with Gasteiger partial charge in [-0.1, -0.05) is 15.9 Å². The molecule has 0 saturated carbocycles. The van der Waals surface area contributed by atoms with Crippen LogP contribution in [0.1, 0.15) is 17.2 Å². The van der Waals surface area contributed by atoms with Crippen molar-refractivity contribution in [3.63, 3.8) is 0 Å². The van der Waals surface area contributed by atoms with E-state index in [2.05, 4.69) is 21.4 Å². The molecule has 1 atom stereocenters. The van der Waals surface area contributed by atoms with Gasteiger partial charge in [-0.2, -0.15) is 0 Å². The fourth-order valence-electron chi connectivity index (χ4n) is 2.10. The van der Waals surface area contributed by atoms with Gasteiger partial charge in [-0.3, -0.25) is 5.84 Å². The van der Waals surface area contributed by atoms with Crippen molar-refractivity contribution in [3.8, 4) is 11.5 Å². The van der Waals surface area contributed by atoms with Crippen LogP contribution >= 0.6 is 15.9 Å². The lowest BCUT2D eigenvalue weighted by Crippen LogP contribution is -2.29. The highest BCUT2D eigenvalue weighted by Crippen LogP contribution is 2.31. The van der Waals surface area contributed by atoms with E-state index in [1.807, 2.05) is 0 Å². The van der Waals surface area contributed by atoms with Crippen molar-refractivity contribution in [3.05, 3.63) is 57.8 Å². The molecular formula is C15H16BrFN2O2. The maximum atomic E-state index is 14.1. The van der Waals surface area contributed by atoms with Crippen LogP contribution in [0.3, 0.4) is 0 Å². The number of methoxy groups -OCH3 is 2. The summed E-state index contributed by atoms with van der Waals surface area (Å²) in [5.41, 5.74) is 3.81. The number of nitrogens with one attached hydrogen (secondary N) is 1. The molecule has 4 nitrogen and oxygen atoms in total. The SMILES string of the molecule is COc1cc(OC)cc(C(NN)c2cc(Br)ccc2F)c1. The first-order valence-electron chi connectivity index (χ1n) is 6.23. The van der Waals surface area contributed by atoms with Crippen LogP contribution in [-0.2, 0) is 0 Å². The van der Waals surface area contributed by atoms with Gasteiger partial charge in [-0.15, -0.1) is 0 Å². The Morgan fingerprint density at radius 2 is 1.71 bits per heavy atom. The van der Waals surface area contributed by atoms with Gasteiger partial charge in [0.2, 0.25) is 0 Å². The molecule has 21 heavy (non-hydrogen) atoms. The molecule has 0 radical (unpaired) electrons. The van der Waals surface area contributed by atoms with Crippen LogP contribution in [0.2, 0.25) is 0 Å². The van der Waals surface area contributed by atoms with Crippen LogP contribution in [0.5, 0.6) is 11.5 Å². The standard InChI is InChI=1S/C15H16BrFN2O2/c1-20-11-5-9(6-12(8-11)21-2)15(19-18)13-7-10(16)3-4-14(13)17/h3-8,15,19H,18H2,1-2H3. The minimum atomic E-state index is -0.522. The largest absolute Gasteiger partial charge is 0.497 e. The molecule has 0 aliphatic carbocycles. The average molecular weight is 355 g/mol. The second-order valence-corrected chi connectivity index (χ2v) is 5.33. The first kappa shape index (κ1) is 15.8. The maximum absolute atomic E-state index is 14.1. The summed E-state index contributed by atoms with van der Waals surface area (Å²) in [5.74, 6) is 6.50. The van der Waals surface area contributed by atoms with E-state index in [0.29, 0.717) is 17.1 Å². The fraction of sp³-hybridized carbons (Fsp3) is 0.200. The molecule has 2 rings (SSSR count). The van der Waals surface area contributed by atoms with Crippen LogP contribution in [0.15, 0.2) is 40.9 Å². The predicted molar refractivity (Wildman–Crippen MR) is 82.8 cm³/mol. The van der Waals surface area contributed by atoms with E-state index >= 15 is 0 Å². The third-order valence-corrected chi connectivity index (χ3v) is 3.64. The molecule has 1 unspecified atom stereocenters. The molecule has 0 saturated heterocycles. The molecule has 0 heterocycles. The topological polar surface area (TPSA) is 56.5 Å². The number of halogens is 2. The summed E-state index contributed by atoms with van der Waals surface area (Å²) in [6.07, 6.45) is 0. The van der Waals surface area contributed by atoms with Crippen molar-refractivity contribution < 1.29 is 13.9 Å². The van der Waals surface area contributed by atoms with Gasteiger partial charge >= 0.3 is 0 Å². The molecule has 0 bridgehead atoms. The number of ether oxygens (including phenoxy) is 2. The van der Waals surface area contributed by atoms with Gasteiger partial charge in [0.1, 0.15) is 17.3 Å². The first-order chi connectivity index (χ1) is 10.1. The molecule has 6 heteroatoms. The third-order valence-electron chi connectivity index (χ3n) is 3.14. The second-order valence-electron chi connectivity index (χ2n) is 4.41.